The normalized spacial score (nSPS) is 26.2. The van der Waals surface area contributed by atoms with Gasteiger partial charge >= 0.3 is 5.69 Å². The Bertz CT molecular complexity index is 495. The summed E-state index contributed by atoms with van der Waals surface area (Å²) in [6.07, 6.45) is 1.93. The van der Waals surface area contributed by atoms with Crippen molar-refractivity contribution in [3.63, 3.8) is 0 Å². The van der Waals surface area contributed by atoms with E-state index in [0.717, 1.165) is 6.42 Å². The molecule has 0 bridgehead atoms. The molecule has 0 amide bonds. The first-order chi connectivity index (χ1) is 8.96. The van der Waals surface area contributed by atoms with Crippen LogP contribution in [0.15, 0.2) is 6.20 Å². The number of ether oxygens (including phenoxy) is 1. The zero-order chi connectivity index (χ0) is 14.0. The van der Waals surface area contributed by atoms with Crippen molar-refractivity contribution in [3.05, 3.63) is 16.3 Å². The summed E-state index contributed by atoms with van der Waals surface area (Å²) in [5.74, 6) is 0.549. The van der Waals surface area contributed by atoms with Gasteiger partial charge in [-0.25, -0.2) is 4.98 Å². The van der Waals surface area contributed by atoms with Crippen LogP contribution in [0.2, 0.25) is 0 Å². The summed E-state index contributed by atoms with van der Waals surface area (Å²) >= 11 is 0. The van der Waals surface area contributed by atoms with Crippen LogP contribution in [-0.4, -0.2) is 40.2 Å². The number of hydrogen-bond acceptors (Lipinski definition) is 7. The SMILES string of the molecule is CNc1ncc([N+](=O)[O-])c(NC2(C)CCOC2C)n1. The Labute approximate surface area is 110 Å². The molecule has 2 N–H and O–H groups in total. The number of anilines is 2. The Kier molecular flexibility index (Phi) is 3.52. The van der Waals surface area contributed by atoms with Gasteiger partial charge in [-0.1, -0.05) is 0 Å². The van der Waals surface area contributed by atoms with Crippen molar-refractivity contribution >= 4 is 17.5 Å². The van der Waals surface area contributed by atoms with Gasteiger partial charge in [-0.3, -0.25) is 10.1 Å². The lowest BCUT2D eigenvalue weighted by Crippen LogP contribution is -2.41. The van der Waals surface area contributed by atoms with Crippen molar-refractivity contribution in [1.29, 1.82) is 0 Å². The molecule has 2 rings (SSSR count). The zero-order valence-electron chi connectivity index (χ0n) is 11.1. The monoisotopic (exact) mass is 267 g/mol. The van der Waals surface area contributed by atoms with Gasteiger partial charge < -0.3 is 15.4 Å². The van der Waals surface area contributed by atoms with Crippen molar-refractivity contribution < 1.29 is 9.66 Å². The van der Waals surface area contributed by atoms with E-state index in [9.17, 15) is 10.1 Å². The van der Waals surface area contributed by atoms with Crippen LogP contribution >= 0.6 is 0 Å². The fourth-order valence-corrected chi connectivity index (χ4v) is 1.99. The molecule has 1 fully saturated rings. The summed E-state index contributed by atoms with van der Waals surface area (Å²) in [5.41, 5.74) is -0.510. The maximum Gasteiger partial charge on any atom is 0.329 e. The third-order valence-electron chi connectivity index (χ3n) is 3.48. The smallest absolute Gasteiger partial charge is 0.329 e. The van der Waals surface area contributed by atoms with Gasteiger partial charge in [0.1, 0.15) is 6.20 Å². The van der Waals surface area contributed by atoms with E-state index in [2.05, 4.69) is 20.6 Å². The molecule has 1 aliphatic heterocycles. The molecule has 2 atom stereocenters. The fourth-order valence-electron chi connectivity index (χ4n) is 1.99. The molecule has 104 valence electrons. The van der Waals surface area contributed by atoms with Gasteiger partial charge in [-0.05, 0) is 20.3 Å². The number of rotatable bonds is 4. The topological polar surface area (TPSA) is 102 Å². The average molecular weight is 267 g/mol. The minimum absolute atomic E-state index is 0.0416. The van der Waals surface area contributed by atoms with Gasteiger partial charge in [0.25, 0.3) is 0 Å². The second-order valence-electron chi connectivity index (χ2n) is 4.74. The van der Waals surface area contributed by atoms with E-state index >= 15 is 0 Å². The van der Waals surface area contributed by atoms with Gasteiger partial charge in [-0.15, -0.1) is 0 Å². The standard InChI is InChI=1S/C11H17N5O3/c1-7-11(2,4-5-19-7)15-9-8(16(17)18)6-13-10(12-3)14-9/h6-7H,4-5H2,1-3H3,(H2,12,13,14,15). The van der Waals surface area contributed by atoms with Crippen LogP contribution in [0.25, 0.3) is 0 Å². The highest BCUT2D eigenvalue weighted by Gasteiger charge is 2.38. The van der Waals surface area contributed by atoms with Crippen LogP contribution < -0.4 is 10.6 Å². The number of nitrogens with zero attached hydrogens (tertiary/aromatic N) is 3. The summed E-state index contributed by atoms with van der Waals surface area (Å²) in [6, 6.07) is 0. The van der Waals surface area contributed by atoms with E-state index in [1.54, 1.807) is 7.05 Å². The molecule has 1 aromatic rings. The van der Waals surface area contributed by atoms with Crippen LogP contribution in [-0.2, 0) is 4.74 Å². The lowest BCUT2D eigenvalue weighted by atomic mass is 9.95. The number of hydrogen-bond donors (Lipinski definition) is 2. The first kappa shape index (κ1) is 13.5. The second-order valence-corrected chi connectivity index (χ2v) is 4.74. The van der Waals surface area contributed by atoms with E-state index in [1.807, 2.05) is 13.8 Å². The Morgan fingerprint density at radius 3 is 2.89 bits per heavy atom. The van der Waals surface area contributed by atoms with Crippen LogP contribution in [0.1, 0.15) is 20.3 Å². The van der Waals surface area contributed by atoms with Crippen molar-refractivity contribution in [2.45, 2.75) is 31.9 Å². The highest BCUT2D eigenvalue weighted by atomic mass is 16.6. The molecule has 19 heavy (non-hydrogen) atoms. The lowest BCUT2D eigenvalue weighted by Gasteiger charge is -2.29. The summed E-state index contributed by atoms with van der Waals surface area (Å²) in [7, 11) is 1.66. The molecular formula is C11H17N5O3. The van der Waals surface area contributed by atoms with Gasteiger partial charge in [0.05, 0.1) is 16.6 Å². The highest BCUT2D eigenvalue weighted by molar-refractivity contribution is 5.58. The first-order valence-corrected chi connectivity index (χ1v) is 6.05. The molecule has 2 unspecified atom stereocenters. The van der Waals surface area contributed by atoms with Crippen molar-refractivity contribution in [2.24, 2.45) is 0 Å². The van der Waals surface area contributed by atoms with Crippen LogP contribution in [0.4, 0.5) is 17.5 Å². The molecule has 8 nitrogen and oxygen atoms in total. The predicted octanol–water partition coefficient (Wildman–Crippen LogP) is 1.41. The molecule has 8 heteroatoms. The summed E-state index contributed by atoms with van der Waals surface area (Å²) in [5, 5.41) is 16.9. The molecule has 1 aromatic heterocycles. The van der Waals surface area contributed by atoms with E-state index in [0.29, 0.717) is 12.6 Å². The van der Waals surface area contributed by atoms with Crippen molar-refractivity contribution in [1.82, 2.24) is 9.97 Å². The molecule has 0 radical (unpaired) electrons. The Morgan fingerprint density at radius 2 is 2.37 bits per heavy atom. The maximum atomic E-state index is 11.0. The minimum atomic E-state index is -0.494. The van der Waals surface area contributed by atoms with Crippen LogP contribution in [0, 0.1) is 10.1 Å². The summed E-state index contributed by atoms with van der Waals surface area (Å²) < 4.78 is 5.51. The molecule has 1 saturated heterocycles. The molecule has 2 heterocycles. The average Bonchev–Trinajstić information content (AvgIpc) is 2.68. The van der Waals surface area contributed by atoms with Gasteiger partial charge in [0.2, 0.25) is 11.8 Å². The summed E-state index contributed by atoms with van der Waals surface area (Å²) in [4.78, 5) is 18.5. The van der Waals surface area contributed by atoms with Crippen LogP contribution in [0.3, 0.4) is 0 Å². The molecular weight excluding hydrogens is 250 g/mol. The van der Waals surface area contributed by atoms with Gasteiger partial charge in [0, 0.05) is 13.7 Å². The first-order valence-electron chi connectivity index (χ1n) is 6.05. The summed E-state index contributed by atoms with van der Waals surface area (Å²) in [6.45, 7) is 4.53. The van der Waals surface area contributed by atoms with Gasteiger partial charge in [0.15, 0.2) is 0 Å². The third-order valence-corrected chi connectivity index (χ3v) is 3.48. The molecule has 0 saturated carbocycles. The molecule has 1 aliphatic rings. The van der Waals surface area contributed by atoms with E-state index in [4.69, 9.17) is 4.74 Å². The molecule has 0 aliphatic carbocycles. The van der Waals surface area contributed by atoms with Gasteiger partial charge in [-0.2, -0.15) is 4.98 Å². The Morgan fingerprint density at radius 1 is 1.63 bits per heavy atom. The second kappa shape index (κ2) is 4.96. The van der Waals surface area contributed by atoms with E-state index in [-0.39, 0.29) is 23.1 Å². The quantitative estimate of drug-likeness (QED) is 0.628. The highest BCUT2D eigenvalue weighted by Crippen LogP contribution is 2.32. The largest absolute Gasteiger partial charge is 0.376 e. The minimum Gasteiger partial charge on any atom is -0.376 e. The Hall–Kier alpha value is -1.96. The van der Waals surface area contributed by atoms with E-state index in [1.165, 1.54) is 6.20 Å². The zero-order valence-corrected chi connectivity index (χ0v) is 11.1. The van der Waals surface area contributed by atoms with Crippen molar-refractivity contribution in [2.75, 3.05) is 24.3 Å². The fraction of sp³-hybridized carbons (Fsp3) is 0.636. The van der Waals surface area contributed by atoms with Crippen molar-refractivity contribution in [3.8, 4) is 0 Å². The number of nitrogens with one attached hydrogen (secondary N) is 2. The van der Waals surface area contributed by atoms with Crippen LogP contribution in [0.5, 0.6) is 0 Å². The Balaban J connectivity index is 2.34. The maximum absolute atomic E-state index is 11.0. The molecule has 0 spiro atoms. The van der Waals surface area contributed by atoms with E-state index < -0.39 is 4.92 Å². The molecule has 0 aromatic carbocycles. The predicted molar refractivity (Wildman–Crippen MR) is 70.3 cm³/mol. The third kappa shape index (κ3) is 2.58. The lowest BCUT2D eigenvalue weighted by molar-refractivity contribution is -0.384. The number of aromatic nitrogens is 2. The number of nitro groups is 1.